The number of hydrogen-bond acceptors (Lipinski definition) is 3. The van der Waals surface area contributed by atoms with Crippen LogP contribution < -0.4 is 5.32 Å². The first-order valence-electron chi connectivity index (χ1n) is 6.53. The summed E-state index contributed by atoms with van der Waals surface area (Å²) in [4.78, 5) is 0. The second-order valence-electron chi connectivity index (χ2n) is 4.58. The molecular weight excluding hydrogens is 252 g/mol. The topological polar surface area (TPSA) is 52.5 Å². The molecule has 1 aromatic rings. The molecule has 0 bridgehead atoms. The second kappa shape index (κ2) is 7.53. The first kappa shape index (κ1) is 16.0. The molecule has 1 rings (SSSR count). The Labute approximate surface area is 112 Å². The number of benzene rings is 1. The lowest BCUT2D eigenvalue weighted by molar-refractivity contribution is 0.105. The Morgan fingerprint density at radius 1 is 1.21 bits per heavy atom. The van der Waals surface area contributed by atoms with Crippen molar-refractivity contribution in [2.45, 2.75) is 44.9 Å². The van der Waals surface area contributed by atoms with E-state index in [0.29, 0.717) is 12.8 Å². The molecule has 0 aliphatic carbocycles. The molecule has 0 spiro atoms. The lowest BCUT2D eigenvalue weighted by Crippen LogP contribution is -2.43. The Bertz CT molecular complexity index is 397. The van der Waals surface area contributed by atoms with Crippen molar-refractivity contribution in [3.8, 4) is 0 Å². The van der Waals surface area contributed by atoms with Gasteiger partial charge in [0.05, 0.1) is 12.7 Å². The van der Waals surface area contributed by atoms with Crippen LogP contribution in [0, 0.1) is 11.6 Å². The van der Waals surface area contributed by atoms with Crippen molar-refractivity contribution < 1.29 is 19.0 Å². The van der Waals surface area contributed by atoms with Crippen LogP contribution in [0.5, 0.6) is 0 Å². The van der Waals surface area contributed by atoms with E-state index in [9.17, 15) is 13.9 Å². The molecule has 0 saturated heterocycles. The van der Waals surface area contributed by atoms with Crippen LogP contribution in [-0.2, 0) is 0 Å². The van der Waals surface area contributed by atoms with E-state index in [1.54, 1.807) is 0 Å². The molecule has 0 saturated carbocycles. The predicted octanol–water partition coefficient (Wildman–Crippen LogP) is 2.14. The molecule has 0 aliphatic rings. The van der Waals surface area contributed by atoms with Crippen LogP contribution in [0.15, 0.2) is 18.2 Å². The fourth-order valence-electron chi connectivity index (χ4n) is 1.99. The van der Waals surface area contributed by atoms with Crippen molar-refractivity contribution in [1.82, 2.24) is 5.32 Å². The molecule has 0 aliphatic heterocycles. The summed E-state index contributed by atoms with van der Waals surface area (Å²) in [5.74, 6) is -1.22. The smallest absolute Gasteiger partial charge is 0.129 e. The summed E-state index contributed by atoms with van der Waals surface area (Å²) in [5.41, 5.74) is -0.0628. The molecule has 0 radical (unpaired) electrons. The number of aliphatic hydroxyl groups excluding tert-OH is 2. The zero-order chi connectivity index (χ0) is 14.4. The lowest BCUT2D eigenvalue weighted by Gasteiger charge is -2.27. The molecule has 3 unspecified atom stereocenters. The van der Waals surface area contributed by atoms with E-state index in [4.69, 9.17) is 5.11 Å². The van der Waals surface area contributed by atoms with Crippen LogP contribution in [0.1, 0.15) is 38.4 Å². The summed E-state index contributed by atoms with van der Waals surface area (Å²) in [7, 11) is 0. The Hall–Kier alpha value is -1.04. The highest BCUT2D eigenvalue weighted by Crippen LogP contribution is 2.23. The van der Waals surface area contributed by atoms with Crippen LogP contribution in [-0.4, -0.2) is 28.9 Å². The summed E-state index contributed by atoms with van der Waals surface area (Å²) >= 11 is 0. The van der Waals surface area contributed by atoms with Crippen LogP contribution in [0.2, 0.25) is 0 Å². The normalized spacial score (nSPS) is 16.1. The van der Waals surface area contributed by atoms with Gasteiger partial charge in [-0.3, -0.25) is 0 Å². The largest absolute Gasteiger partial charge is 0.395 e. The first-order valence-corrected chi connectivity index (χ1v) is 6.53. The molecule has 108 valence electrons. The highest BCUT2D eigenvalue weighted by atomic mass is 19.1. The highest BCUT2D eigenvalue weighted by molar-refractivity contribution is 5.22. The van der Waals surface area contributed by atoms with Crippen molar-refractivity contribution in [2.24, 2.45) is 0 Å². The lowest BCUT2D eigenvalue weighted by atomic mass is 9.98. The maximum absolute atomic E-state index is 13.6. The Morgan fingerprint density at radius 3 is 2.42 bits per heavy atom. The van der Waals surface area contributed by atoms with E-state index < -0.39 is 23.8 Å². The number of rotatable bonds is 7. The Balaban J connectivity index is 2.88. The maximum atomic E-state index is 13.6. The minimum Gasteiger partial charge on any atom is -0.395 e. The number of hydrogen-bond donors (Lipinski definition) is 3. The monoisotopic (exact) mass is 273 g/mol. The van der Waals surface area contributed by atoms with Gasteiger partial charge < -0.3 is 15.5 Å². The molecule has 3 atom stereocenters. The third kappa shape index (κ3) is 4.23. The molecule has 5 heteroatoms. The van der Waals surface area contributed by atoms with Crippen LogP contribution >= 0.6 is 0 Å². The molecule has 1 aromatic carbocycles. The van der Waals surface area contributed by atoms with E-state index in [0.717, 1.165) is 18.2 Å². The fourth-order valence-corrected chi connectivity index (χ4v) is 1.99. The first-order chi connectivity index (χ1) is 9.03. The molecule has 3 nitrogen and oxygen atoms in total. The summed E-state index contributed by atoms with van der Waals surface area (Å²) in [5, 5.41) is 22.4. The second-order valence-corrected chi connectivity index (χ2v) is 4.58. The number of halogens is 2. The van der Waals surface area contributed by atoms with Gasteiger partial charge in [-0.1, -0.05) is 13.8 Å². The summed E-state index contributed by atoms with van der Waals surface area (Å²) < 4.78 is 26.7. The summed E-state index contributed by atoms with van der Waals surface area (Å²) in [6, 6.07) is 2.42. The van der Waals surface area contributed by atoms with Gasteiger partial charge in [0, 0.05) is 17.6 Å². The zero-order valence-electron chi connectivity index (χ0n) is 11.2. The van der Waals surface area contributed by atoms with E-state index in [2.05, 4.69) is 5.32 Å². The van der Waals surface area contributed by atoms with Gasteiger partial charge in [-0.15, -0.1) is 0 Å². The average molecular weight is 273 g/mol. The van der Waals surface area contributed by atoms with Gasteiger partial charge in [-0.2, -0.15) is 0 Å². The predicted molar refractivity (Wildman–Crippen MR) is 69.7 cm³/mol. The van der Waals surface area contributed by atoms with Gasteiger partial charge >= 0.3 is 0 Å². The van der Waals surface area contributed by atoms with E-state index in [-0.39, 0.29) is 18.2 Å². The van der Waals surface area contributed by atoms with Gasteiger partial charge in [0.2, 0.25) is 0 Å². The molecule has 0 aromatic heterocycles. The minimum atomic E-state index is -1.15. The van der Waals surface area contributed by atoms with Crippen LogP contribution in [0.4, 0.5) is 8.78 Å². The fraction of sp³-hybridized carbons (Fsp3) is 0.571. The molecule has 0 amide bonds. The molecule has 19 heavy (non-hydrogen) atoms. The van der Waals surface area contributed by atoms with Crippen molar-refractivity contribution in [3.63, 3.8) is 0 Å². The summed E-state index contributed by atoms with van der Waals surface area (Å²) in [6.07, 6.45) is 0.0696. The third-order valence-electron chi connectivity index (χ3n) is 3.26. The standard InChI is InChI=1S/C14H21F2NO2/c1-3-10(8-18)17-13(4-2)14(19)11-7-9(15)5-6-12(11)16/h5-7,10,13-14,17-19H,3-4,8H2,1-2H3. The number of aliphatic hydroxyl groups is 2. The van der Waals surface area contributed by atoms with Gasteiger partial charge in [0.25, 0.3) is 0 Å². The van der Waals surface area contributed by atoms with Gasteiger partial charge in [-0.05, 0) is 31.0 Å². The molecule has 0 heterocycles. The van der Waals surface area contributed by atoms with Crippen LogP contribution in [0.25, 0.3) is 0 Å². The average Bonchev–Trinajstić information content (AvgIpc) is 2.42. The summed E-state index contributed by atoms with van der Waals surface area (Å²) in [6.45, 7) is 3.67. The van der Waals surface area contributed by atoms with Crippen molar-refractivity contribution in [1.29, 1.82) is 0 Å². The Morgan fingerprint density at radius 2 is 1.89 bits per heavy atom. The van der Waals surface area contributed by atoms with Crippen LogP contribution in [0.3, 0.4) is 0 Å². The van der Waals surface area contributed by atoms with Gasteiger partial charge in [0.1, 0.15) is 11.6 Å². The van der Waals surface area contributed by atoms with E-state index in [1.165, 1.54) is 0 Å². The SMILES string of the molecule is CCC(CO)NC(CC)C(O)c1cc(F)ccc1F. The number of nitrogens with one attached hydrogen (secondary N) is 1. The molecule has 3 N–H and O–H groups in total. The van der Waals surface area contributed by atoms with E-state index in [1.807, 2.05) is 13.8 Å². The maximum Gasteiger partial charge on any atom is 0.129 e. The molecule has 0 fully saturated rings. The third-order valence-corrected chi connectivity index (χ3v) is 3.26. The Kier molecular flexibility index (Phi) is 6.34. The van der Waals surface area contributed by atoms with E-state index >= 15 is 0 Å². The van der Waals surface area contributed by atoms with Crippen molar-refractivity contribution >= 4 is 0 Å². The minimum absolute atomic E-state index is 0.0628. The zero-order valence-corrected chi connectivity index (χ0v) is 11.2. The van der Waals surface area contributed by atoms with Gasteiger partial charge in [0.15, 0.2) is 0 Å². The van der Waals surface area contributed by atoms with Crippen molar-refractivity contribution in [2.75, 3.05) is 6.61 Å². The van der Waals surface area contributed by atoms with Gasteiger partial charge in [-0.25, -0.2) is 8.78 Å². The quantitative estimate of drug-likeness (QED) is 0.713. The highest BCUT2D eigenvalue weighted by Gasteiger charge is 2.24. The van der Waals surface area contributed by atoms with Crippen molar-refractivity contribution in [3.05, 3.63) is 35.4 Å². The molecular formula is C14H21F2NO2.